The number of nitrogens with zero attached hydrogens (tertiary/aromatic N) is 2. The number of piperidine rings is 1. The van der Waals surface area contributed by atoms with Crippen molar-refractivity contribution in [3.05, 3.63) is 40.2 Å². The Balaban J connectivity index is 1.82. The van der Waals surface area contributed by atoms with E-state index >= 15 is 0 Å². The number of aromatic amines is 1. The van der Waals surface area contributed by atoms with Gasteiger partial charge in [0, 0.05) is 24.5 Å². The molecule has 0 saturated carbocycles. The van der Waals surface area contributed by atoms with Gasteiger partial charge < -0.3 is 14.8 Å². The highest BCUT2D eigenvalue weighted by molar-refractivity contribution is 5.84. The van der Waals surface area contributed by atoms with E-state index < -0.39 is 0 Å². The molecular weight excluding hydrogens is 286 g/mol. The fourth-order valence-corrected chi connectivity index (χ4v) is 3.82. The second-order valence-electron chi connectivity index (χ2n) is 6.46. The molecule has 1 aromatic carbocycles. The fraction of sp³-hybridized carbons (Fsp3) is 0.526. The maximum atomic E-state index is 12.5. The first kappa shape index (κ1) is 16.1. The standard InChI is InChI=1S/C19H27N3O/c1-4-21(5-2)16-9-11-22(12-10-16)17-13-15-8-6-7-14(3)18(15)20-19(17)23/h6-8,13,16H,4-5,9-12H2,1-3H3,(H,20,23). The van der Waals surface area contributed by atoms with Gasteiger partial charge in [-0.3, -0.25) is 4.79 Å². The van der Waals surface area contributed by atoms with Crippen LogP contribution in [0.3, 0.4) is 0 Å². The van der Waals surface area contributed by atoms with E-state index in [1.54, 1.807) is 0 Å². The highest BCUT2D eigenvalue weighted by Gasteiger charge is 2.24. The maximum Gasteiger partial charge on any atom is 0.271 e. The van der Waals surface area contributed by atoms with Crippen molar-refractivity contribution in [2.45, 2.75) is 39.7 Å². The third kappa shape index (κ3) is 3.13. The number of aromatic nitrogens is 1. The smallest absolute Gasteiger partial charge is 0.271 e. The average molecular weight is 313 g/mol. The number of aryl methyl sites for hydroxylation is 1. The Bertz CT molecular complexity index is 725. The Hall–Kier alpha value is -1.81. The minimum absolute atomic E-state index is 0.0353. The van der Waals surface area contributed by atoms with Crippen LogP contribution < -0.4 is 10.5 Å². The lowest BCUT2D eigenvalue weighted by atomic mass is 10.0. The van der Waals surface area contributed by atoms with Crippen LogP contribution in [0.2, 0.25) is 0 Å². The third-order valence-corrected chi connectivity index (χ3v) is 5.20. The lowest BCUT2D eigenvalue weighted by Gasteiger charge is -2.38. The number of fused-ring (bicyclic) bond motifs is 1. The molecule has 0 spiro atoms. The molecule has 2 heterocycles. The van der Waals surface area contributed by atoms with Gasteiger partial charge >= 0.3 is 0 Å². The van der Waals surface area contributed by atoms with Crippen LogP contribution in [0, 0.1) is 6.92 Å². The minimum atomic E-state index is 0.0353. The van der Waals surface area contributed by atoms with E-state index in [4.69, 9.17) is 0 Å². The molecule has 0 radical (unpaired) electrons. The second kappa shape index (κ2) is 6.75. The summed E-state index contributed by atoms with van der Waals surface area (Å²) < 4.78 is 0. The lowest BCUT2D eigenvalue weighted by molar-refractivity contribution is 0.186. The molecule has 0 amide bonds. The van der Waals surface area contributed by atoms with E-state index in [9.17, 15) is 4.79 Å². The van der Waals surface area contributed by atoms with Crippen LogP contribution in [0.4, 0.5) is 5.69 Å². The van der Waals surface area contributed by atoms with Gasteiger partial charge in [-0.2, -0.15) is 0 Å². The van der Waals surface area contributed by atoms with Crippen LogP contribution in [-0.2, 0) is 0 Å². The van der Waals surface area contributed by atoms with Gasteiger partial charge in [-0.1, -0.05) is 32.0 Å². The van der Waals surface area contributed by atoms with E-state index in [1.807, 2.05) is 19.1 Å². The van der Waals surface area contributed by atoms with E-state index in [-0.39, 0.29) is 5.56 Å². The summed E-state index contributed by atoms with van der Waals surface area (Å²) in [7, 11) is 0. The molecule has 2 aromatic rings. The largest absolute Gasteiger partial charge is 0.367 e. The normalized spacial score (nSPS) is 16.4. The maximum absolute atomic E-state index is 12.5. The molecule has 0 bridgehead atoms. The van der Waals surface area contributed by atoms with Gasteiger partial charge in [-0.05, 0) is 44.5 Å². The Kier molecular flexibility index (Phi) is 4.71. The summed E-state index contributed by atoms with van der Waals surface area (Å²) in [5, 5.41) is 1.12. The summed E-state index contributed by atoms with van der Waals surface area (Å²) >= 11 is 0. The van der Waals surface area contributed by atoms with Crippen molar-refractivity contribution in [3.63, 3.8) is 0 Å². The summed E-state index contributed by atoms with van der Waals surface area (Å²) in [6.07, 6.45) is 2.26. The predicted molar refractivity (Wildman–Crippen MR) is 97.5 cm³/mol. The molecular formula is C19H27N3O. The molecule has 1 N–H and O–H groups in total. The van der Waals surface area contributed by atoms with E-state index in [0.29, 0.717) is 6.04 Å². The quantitative estimate of drug-likeness (QED) is 0.942. The second-order valence-corrected chi connectivity index (χ2v) is 6.46. The Labute approximate surface area is 138 Å². The van der Waals surface area contributed by atoms with E-state index in [1.165, 1.54) is 0 Å². The Morgan fingerprint density at radius 2 is 1.91 bits per heavy atom. The number of nitrogens with one attached hydrogen (secondary N) is 1. The van der Waals surface area contributed by atoms with Crippen LogP contribution in [0.25, 0.3) is 10.9 Å². The van der Waals surface area contributed by atoms with Crippen molar-refractivity contribution >= 4 is 16.6 Å². The number of anilines is 1. The van der Waals surface area contributed by atoms with Crippen LogP contribution >= 0.6 is 0 Å². The molecule has 1 aromatic heterocycles. The zero-order chi connectivity index (χ0) is 16.4. The zero-order valence-corrected chi connectivity index (χ0v) is 14.4. The molecule has 0 unspecified atom stereocenters. The summed E-state index contributed by atoms with van der Waals surface area (Å²) in [4.78, 5) is 20.4. The SMILES string of the molecule is CCN(CC)C1CCN(c2cc3cccc(C)c3[nH]c2=O)CC1. The molecule has 4 nitrogen and oxygen atoms in total. The summed E-state index contributed by atoms with van der Waals surface area (Å²) in [5.41, 5.74) is 2.93. The molecule has 1 aliphatic heterocycles. The van der Waals surface area contributed by atoms with Gasteiger partial charge in [0.05, 0.1) is 5.52 Å². The topological polar surface area (TPSA) is 39.3 Å². The number of pyridine rings is 1. The highest BCUT2D eigenvalue weighted by Crippen LogP contribution is 2.23. The van der Waals surface area contributed by atoms with Crippen molar-refractivity contribution in [1.82, 2.24) is 9.88 Å². The number of para-hydroxylation sites is 1. The number of hydrogen-bond acceptors (Lipinski definition) is 3. The summed E-state index contributed by atoms with van der Waals surface area (Å²) in [5.74, 6) is 0. The number of benzene rings is 1. The van der Waals surface area contributed by atoms with Gasteiger partial charge in [0.2, 0.25) is 0 Å². The van der Waals surface area contributed by atoms with Gasteiger partial charge in [-0.25, -0.2) is 0 Å². The highest BCUT2D eigenvalue weighted by atomic mass is 16.1. The van der Waals surface area contributed by atoms with E-state index in [0.717, 1.165) is 61.2 Å². The first-order valence-corrected chi connectivity index (χ1v) is 8.75. The molecule has 1 fully saturated rings. The van der Waals surface area contributed by atoms with Gasteiger partial charge in [0.1, 0.15) is 5.69 Å². The van der Waals surface area contributed by atoms with Crippen molar-refractivity contribution in [2.75, 3.05) is 31.1 Å². The Morgan fingerprint density at radius 1 is 1.22 bits per heavy atom. The van der Waals surface area contributed by atoms with Crippen LogP contribution in [-0.4, -0.2) is 42.1 Å². The molecule has 0 aliphatic carbocycles. The molecule has 23 heavy (non-hydrogen) atoms. The number of hydrogen-bond donors (Lipinski definition) is 1. The molecule has 4 heteroatoms. The molecule has 0 atom stereocenters. The van der Waals surface area contributed by atoms with Gasteiger partial charge in [-0.15, -0.1) is 0 Å². The monoisotopic (exact) mass is 313 g/mol. The fourth-order valence-electron chi connectivity index (χ4n) is 3.82. The average Bonchev–Trinajstić information content (AvgIpc) is 2.57. The first-order valence-electron chi connectivity index (χ1n) is 8.75. The Morgan fingerprint density at radius 3 is 2.57 bits per heavy atom. The van der Waals surface area contributed by atoms with Crippen molar-refractivity contribution < 1.29 is 0 Å². The summed E-state index contributed by atoms with van der Waals surface area (Å²) in [6, 6.07) is 8.87. The van der Waals surface area contributed by atoms with E-state index in [2.05, 4.69) is 40.8 Å². The minimum Gasteiger partial charge on any atom is -0.367 e. The van der Waals surface area contributed by atoms with Crippen molar-refractivity contribution in [1.29, 1.82) is 0 Å². The molecule has 3 rings (SSSR count). The molecule has 124 valence electrons. The predicted octanol–water partition coefficient (Wildman–Crippen LogP) is 3.15. The van der Waals surface area contributed by atoms with Gasteiger partial charge in [0.15, 0.2) is 0 Å². The number of H-pyrrole nitrogens is 1. The van der Waals surface area contributed by atoms with Gasteiger partial charge in [0.25, 0.3) is 5.56 Å². The molecule has 1 aliphatic rings. The van der Waals surface area contributed by atoms with Crippen molar-refractivity contribution in [2.24, 2.45) is 0 Å². The lowest BCUT2D eigenvalue weighted by Crippen LogP contribution is -2.46. The van der Waals surface area contributed by atoms with Crippen molar-refractivity contribution in [3.8, 4) is 0 Å². The number of rotatable bonds is 4. The summed E-state index contributed by atoms with van der Waals surface area (Å²) in [6.45, 7) is 10.6. The van der Waals surface area contributed by atoms with Crippen LogP contribution in [0.1, 0.15) is 32.3 Å². The zero-order valence-electron chi connectivity index (χ0n) is 14.4. The third-order valence-electron chi connectivity index (χ3n) is 5.20. The van der Waals surface area contributed by atoms with Crippen LogP contribution in [0.15, 0.2) is 29.1 Å². The first-order chi connectivity index (χ1) is 11.1. The van der Waals surface area contributed by atoms with Crippen LogP contribution in [0.5, 0.6) is 0 Å². The molecule has 1 saturated heterocycles.